The van der Waals surface area contributed by atoms with E-state index in [9.17, 15) is 4.79 Å². The summed E-state index contributed by atoms with van der Waals surface area (Å²) in [7, 11) is 0. The number of hydrogen-bond donors (Lipinski definition) is 1. The largest absolute Gasteiger partial charge is 0.490 e. The van der Waals surface area contributed by atoms with Gasteiger partial charge in [0.15, 0.2) is 11.6 Å². The number of piperidine rings is 1. The predicted octanol–water partition coefficient (Wildman–Crippen LogP) is 3.08. The van der Waals surface area contributed by atoms with Crippen LogP contribution in [0.4, 0.5) is 0 Å². The number of likely N-dealkylation sites (tertiary alicyclic amines) is 1. The van der Waals surface area contributed by atoms with Crippen molar-refractivity contribution < 1.29 is 18.5 Å². The molecule has 0 bridgehead atoms. The smallest absolute Gasteiger partial charge is 0.439 e. The molecule has 0 spiro atoms. The molecule has 2 saturated heterocycles. The minimum atomic E-state index is -0.595. The molecule has 1 N–H and O–H groups in total. The average molecular weight is 434 g/mol. The Hall–Kier alpha value is -3.43. The van der Waals surface area contributed by atoms with Crippen molar-refractivity contribution in [3.05, 3.63) is 53.0 Å². The molecule has 0 unspecified atom stereocenters. The van der Waals surface area contributed by atoms with E-state index in [1.54, 1.807) is 0 Å². The maximum atomic E-state index is 11.3. The van der Waals surface area contributed by atoms with Gasteiger partial charge in [-0.05, 0) is 43.2 Å². The van der Waals surface area contributed by atoms with Crippen LogP contribution >= 0.6 is 0 Å². The van der Waals surface area contributed by atoms with E-state index in [-0.39, 0.29) is 6.10 Å². The van der Waals surface area contributed by atoms with Crippen molar-refractivity contribution in [1.29, 1.82) is 0 Å². The fourth-order valence-corrected chi connectivity index (χ4v) is 4.35. The first-order valence-electron chi connectivity index (χ1n) is 10.8. The van der Waals surface area contributed by atoms with E-state index in [4.69, 9.17) is 14.0 Å². The van der Waals surface area contributed by atoms with Crippen LogP contribution in [0.5, 0.6) is 5.75 Å². The van der Waals surface area contributed by atoms with Crippen LogP contribution in [0.25, 0.3) is 33.6 Å². The third-order valence-electron chi connectivity index (χ3n) is 6.20. The van der Waals surface area contributed by atoms with Gasteiger partial charge in [0.2, 0.25) is 0 Å². The van der Waals surface area contributed by atoms with Crippen LogP contribution in [0.15, 0.2) is 56.3 Å². The summed E-state index contributed by atoms with van der Waals surface area (Å²) in [5, 5.41) is 8.75. The van der Waals surface area contributed by atoms with Crippen LogP contribution in [0.3, 0.4) is 0 Å². The Labute approximate surface area is 182 Å². The predicted molar refractivity (Wildman–Crippen MR) is 115 cm³/mol. The highest BCUT2D eigenvalue weighted by Crippen LogP contribution is 2.33. The number of aromatic nitrogens is 3. The number of nitrogens with one attached hydrogen (secondary N) is 1. The Morgan fingerprint density at radius 3 is 2.62 bits per heavy atom. The van der Waals surface area contributed by atoms with Crippen molar-refractivity contribution in [2.45, 2.75) is 25.0 Å². The third kappa shape index (κ3) is 3.59. The van der Waals surface area contributed by atoms with E-state index < -0.39 is 5.76 Å². The van der Waals surface area contributed by atoms with Crippen molar-refractivity contribution in [1.82, 2.24) is 20.2 Å². The van der Waals surface area contributed by atoms with Gasteiger partial charge in [-0.1, -0.05) is 22.4 Å². The number of fused-ring (bicyclic) bond motifs is 1. The molecule has 2 aliphatic rings. The molecule has 0 amide bonds. The summed E-state index contributed by atoms with van der Waals surface area (Å²) in [5.41, 5.74) is 2.30. The molecule has 0 radical (unpaired) electrons. The van der Waals surface area contributed by atoms with Crippen molar-refractivity contribution in [3.63, 3.8) is 0 Å². The van der Waals surface area contributed by atoms with E-state index in [2.05, 4.69) is 24.7 Å². The molecule has 6 rings (SSSR count). The number of ether oxygens (including phenoxy) is 2. The molecule has 2 aromatic heterocycles. The van der Waals surface area contributed by atoms with Gasteiger partial charge < -0.3 is 14.0 Å². The minimum Gasteiger partial charge on any atom is -0.490 e. The zero-order valence-electron chi connectivity index (χ0n) is 17.3. The van der Waals surface area contributed by atoms with Gasteiger partial charge in [0.1, 0.15) is 17.4 Å². The fraction of sp³-hybridized carbons (Fsp3) is 0.348. The SMILES string of the molecule is O=c1[nH]c(-c2ccc3noc(-c4cccc(OC5CCN(C6COC6)CC5)c4)c3c2)no1. The van der Waals surface area contributed by atoms with Crippen LogP contribution < -0.4 is 10.5 Å². The standard InChI is InChI=1S/C23H22N4O5/c28-23-24-22(26-32-23)15-4-5-20-19(11-15)21(31-25-20)14-2-1-3-18(10-14)30-17-6-8-27(9-7-17)16-12-29-13-16/h1-5,10-11,16-17H,6-9,12-13H2,(H,24,26,28). The molecule has 4 heterocycles. The van der Waals surface area contributed by atoms with Gasteiger partial charge in [-0.25, -0.2) is 4.79 Å². The molecular weight excluding hydrogens is 412 g/mol. The van der Waals surface area contributed by atoms with E-state index in [0.29, 0.717) is 28.7 Å². The lowest BCUT2D eigenvalue weighted by Crippen LogP contribution is -2.52. The van der Waals surface area contributed by atoms with Gasteiger partial charge in [-0.3, -0.25) is 14.4 Å². The Morgan fingerprint density at radius 2 is 1.88 bits per heavy atom. The molecule has 9 nitrogen and oxygen atoms in total. The van der Waals surface area contributed by atoms with Gasteiger partial charge in [0.05, 0.1) is 24.6 Å². The highest BCUT2D eigenvalue weighted by Gasteiger charge is 2.30. The second kappa shape index (κ2) is 7.92. The number of rotatable bonds is 5. The summed E-state index contributed by atoms with van der Waals surface area (Å²) in [5.74, 6) is 1.22. The van der Waals surface area contributed by atoms with Gasteiger partial charge in [-0.2, -0.15) is 0 Å². The molecule has 164 valence electrons. The number of nitrogens with zero attached hydrogens (tertiary/aromatic N) is 3. The molecule has 4 aromatic rings. The Balaban J connectivity index is 1.23. The van der Waals surface area contributed by atoms with Crippen molar-refractivity contribution >= 4 is 10.9 Å². The van der Waals surface area contributed by atoms with E-state index in [1.807, 2.05) is 42.5 Å². The third-order valence-corrected chi connectivity index (χ3v) is 6.20. The summed E-state index contributed by atoms with van der Waals surface area (Å²) in [6, 6.07) is 14.0. The molecule has 0 aliphatic carbocycles. The number of hydrogen-bond acceptors (Lipinski definition) is 8. The van der Waals surface area contributed by atoms with Crippen LogP contribution in [0.2, 0.25) is 0 Å². The quantitative estimate of drug-likeness (QED) is 0.511. The monoisotopic (exact) mass is 434 g/mol. The molecule has 2 aliphatic heterocycles. The summed E-state index contributed by atoms with van der Waals surface area (Å²) in [6.07, 6.45) is 2.21. The summed E-state index contributed by atoms with van der Waals surface area (Å²) in [4.78, 5) is 16.4. The molecule has 0 atom stereocenters. The lowest BCUT2D eigenvalue weighted by Gasteiger charge is -2.41. The number of aromatic amines is 1. The lowest BCUT2D eigenvalue weighted by atomic mass is 10.0. The van der Waals surface area contributed by atoms with Crippen molar-refractivity contribution in [2.75, 3.05) is 26.3 Å². The van der Waals surface area contributed by atoms with Gasteiger partial charge in [0, 0.05) is 24.2 Å². The first-order chi connectivity index (χ1) is 15.7. The van der Waals surface area contributed by atoms with Crippen LogP contribution in [-0.4, -0.2) is 58.6 Å². The second-order valence-corrected chi connectivity index (χ2v) is 8.26. The van der Waals surface area contributed by atoms with Crippen LogP contribution in [0, 0.1) is 0 Å². The van der Waals surface area contributed by atoms with Crippen molar-refractivity contribution in [3.8, 4) is 28.5 Å². The first kappa shape index (κ1) is 19.3. The number of H-pyrrole nitrogens is 1. The van der Waals surface area contributed by atoms with Crippen LogP contribution in [-0.2, 0) is 4.74 Å². The van der Waals surface area contributed by atoms with Gasteiger partial charge in [-0.15, -0.1) is 0 Å². The zero-order valence-corrected chi connectivity index (χ0v) is 17.3. The fourth-order valence-electron chi connectivity index (χ4n) is 4.35. The van der Waals surface area contributed by atoms with Crippen molar-refractivity contribution in [2.24, 2.45) is 0 Å². The van der Waals surface area contributed by atoms with Crippen LogP contribution in [0.1, 0.15) is 12.8 Å². The maximum absolute atomic E-state index is 11.3. The summed E-state index contributed by atoms with van der Waals surface area (Å²) in [6.45, 7) is 3.79. The molecular formula is C23H22N4O5. The van der Waals surface area contributed by atoms with E-state index >= 15 is 0 Å². The van der Waals surface area contributed by atoms with E-state index in [0.717, 1.165) is 55.8 Å². The topological polar surface area (TPSA) is 107 Å². The number of benzene rings is 2. The minimum absolute atomic E-state index is 0.199. The molecule has 2 fully saturated rings. The van der Waals surface area contributed by atoms with Gasteiger partial charge in [0.25, 0.3) is 0 Å². The molecule has 32 heavy (non-hydrogen) atoms. The maximum Gasteiger partial charge on any atom is 0.439 e. The average Bonchev–Trinajstić information content (AvgIpc) is 3.40. The Morgan fingerprint density at radius 1 is 1.00 bits per heavy atom. The zero-order chi connectivity index (χ0) is 21.5. The molecule has 2 aromatic carbocycles. The highest BCUT2D eigenvalue weighted by atomic mass is 16.5. The van der Waals surface area contributed by atoms with Gasteiger partial charge >= 0.3 is 5.76 Å². The Kier molecular flexibility index (Phi) is 4.77. The van der Waals surface area contributed by atoms with E-state index in [1.165, 1.54) is 0 Å². The second-order valence-electron chi connectivity index (χ2n) is 8.26. The molecule has 0 saturated carbocycles. The highest BCUT2D eigenvalue weighted by molar-refractivity contribution is 5.94. The normalized spacial score (nSPS) is 18.1. The molecule has 9 heteroatoms. The summed E-state index contributed by atoms with van der Waals surface area (Å²) >= 11 is 0. The summed E-state index contributed by atoms with van der Waals surface area (Å²) < 4.78 is 21.9. The first-order valence-corrected chi connectivity index (χ1v) is 10.8. The Bertz CT molecular complexity index is 1300. The lowest BCUT2D eigenvalue weighted by molar-refractivity contribution is -0.0778.